The largest absolute Gasteiger partial charge is 0.351 e. The Labute approximate surface area is 181 Å². The lowest BCUT2D eigenvalue weighted by Crippen LogP contribution is -3.12. The minimum absolute atomic E-state index is 0.00278. The second kappa shape index (κ2) is 9.10. The molecule has 3 aromatic rings. The molecule has 0 spiro atoms. The van der Waals surface area contributed by atoms with E-state index in [1.54, 1.807) is 6.33 Å². The number of fused-ring (bicyclic) bond motifs is 2. The van der Waals surface area contributed by atoms with Crippen molar-refractivity contribution in [2.24, 2.45) is 0 Å². The van der Waals surface area contributed by atoms with Gasteiger partial charge in [0.15, 0.2) is 0 Å². The van der Waals surface area contributed by atoms with E-state index in [4.69, 9.17) is 0 Å². The van der Waals surface area contributed by atoms with Gasteiger partial charge in [0, 0.05) is 13.1 Å². The maximum atomic E-state index is 12.9. The summed E-state index contributed by atoms with van der Waals surface area (Å²) in [5, 5.41) is 4.12. The standard InChI is InChI=1S/C23H29N5OS/c1-4-27(5-2)13-11-24-22(29)20-16(3)19-21(25-15-26-23(19)30-20)28-12-10-17-8-6-7-9-18(17)14-28/h6-9,15H,4-5,10-14H2,1-3H3,(H,24,29)/p+1. The highest BCUT2D eigenvalue weighted by molar-refractivity contribution is 7.20. The molecule has 0 bridgehead atoms. The molecule has 7 heteroatoms. The van der Waals surface area contributed by atoms with Gasteiger partial charge in [0.05, 0.1) is 36.4 Å². The van der Waals surface area contributed by atoms with Crippen molar-refractivity contribution in [1.29, 1.82) is 0 Å². The second-order valence-electron chi connectivity index (χ2n) is 7.84. The average molecular weight is 425 g/mol. The maximum absolute atomic E-state index is 12.9. The molecule has 2 N–H and O–H groups in total. The lowest BCUT2D eigenvalue weighted by atomic mass is 9.99. The summed E-state index contributed by atoms with van der Waals surface area (Å²) in [6, 6.07) is 8.60. The molecule has 6 nitrogen and oxygen atoms in total. The van der Waals surface area contributed by atoms with Crippen molar-refractivity contribution < 1.29 is 9.69 Å². The zero-order chi connectivity index (χ0) is 21.1. The van der Waals surface area contributed by atoms with E-state index < -0.39 is 0 Å². The van der Waals surface area contributed by atoms with Crippen LogP contribution in [0.5, 0.6) is 0 Å². The fraction of sp³-hybridized carbons (Fsp3) is 0.435. The van der Waals surface area contributed by atoms with Crippen LogP contribution in [0, 0.1) is 6.92 Å². The number of carbonyl (C=O) groups excluding carboxylic acids is 1. The molecule has 0 saturated carbocycles. The third-order valence-electron chi connectivity index (χ3n) is 6.11. The van der Waals surface area contributed by atoms with Gasteiger partial charge in [-0.25, -0.2) is 9.97 Å². The third-order valence-corrected chi connectivity index (χ3v) is 7.31. The van der Waals surface area contributed by atoms with Crippen molar-refractivity contribution in [3.8, 4) is 0 Å². The number of aryl methyl sites for hydroxylation is 1. The normalized spacial score (nSPS) is 13.7. The van der Waals surface area contributed by atoms with Gasteiger partial charge in [0.25, 0.3) is 5.91 Å². The van der Waals surface area contributed by atoms with Crippen LogP contribution in [0.4, 0.5) is 5.82 Å². The number of hydrogen-bond donors (Lipinski definition) is 2. The summed E-state index contributed by atoms with van der Waals surface area (Å²) in [4.78, 5) is 27.4. The number of rotatable bonds is 7. The van der Waals surface area contributed by atoms with Gasteiger partial charge in [0.2, 0.25) is 0 Å². The Morgan fingerprint density at radius 3 is 2.73 bits per heavy atom. The van der Waals surface area contributed by atoms with E-state index in [0.717, 1.165) is 65.6 Å². The van der Waals surface area contributed by atoms with E-state index in [1.165, 1.54) is 27.4 Å². The molecule has 30 heavy (non-hydrogen) atoms. The molecule has 4 rings (SSSR count). The Kier molecular flexibility index (Phi) is 6.29. The Morgan fingerprint density at radius 2 is 1.97 bits per heavy atom. The molecule has 0 saturated heterocycles. The van der Waals surface area contributed by atoms with Gasteiger partial charge in [-0.05, 0) is 43.9 Å². The van der Waals surface area contributed by atoms with Crippen molar-refractivity contribution in [3.05, 3.63) is 52.2 Å². The molecule has 1 aliphatic heterocycles. The topological polar surface area (TPSA) is 62.6 Å². The van der Waals surface area contributed by atoms with Gasteiger partial charge in [0.1, 0.15) is 17.0 Å². The smallest absolute Gasteiger partial charge is 0.261 e. The SMILES string of the molecule is CC[NH+](CC)CCNC(=O)c1sc2ncnc(N3CCc4ccccc4C3)c2c1C. The molecule has 0 fully saturated rings. The zero-order valence-electron chi connectivity index (χ0n) is 18.0. The fourth-order valence-electron chi connectivity index (χ4n) is 4.22. The number of hydrogen-bond acceptors (Lipinski definition) is 5. The van der Waals surface area contributed by atoms with Crippen LogP contribution in [0.2, 0.25) is 0 Å². The van der Waals surface area contributed by atoms with Crippen molar-refractivity contribution in [3.63, 3.8) is 0 Å². The predicted octanol–water partition coefficient (Wildman–Crippen LogP) is 2.22. The molecule has 2 aromatic heterocycles. The minimum Gasteiger partial charge on any atom is -0.351 e. The van der Waals surface area contributed by atoms with Gasteiger partial charge >= 0.3 is 0 Å². The predicted molar refractivity (Wildman–Crippen MR) is 123 cm³/mol. The average Bonchev–Trinajstić information content (AvgIpc) is 3.13. The van der Waals surface area contributed by atoms with Crippen LogP contribution in [0.1, 0.15) is 40.2 Å². The van der Waals surface area contributed by atoms with Crippen molar-refractivity contribution >= 4 is 33.3 Å². The van der Waals surface area contributed by atoms with Crippen LogP contribution in [-0.2, 0) is 13.0 Å². The first kappa shape index (κ1) is 20.8. The lowest BCUT2D eigenvalue weighted by molar-refractivity contribution is -0.895. The highest BCUT2D eigenvalue weighted by atomic mass is 32.1. The number of benzene rings is 1. The molecular weight excluding hydrogens is 394 g/mol. The summed E-state index contributed by atoms with van der Waals surface area (Å²) in [5.41, 5.74) is 3.74. The number of amides is 1. The second-order valence-corrected chi connectivity index (χ2v) is 8.84. The monoisotopic (exact) mass is 424 g/mol. The van der Waals surface area contributed by atoms with Gasteiger partial charge in [-0.2, -0.15) is 0 Å². The number of thiophene rings is 1. The van der Waals surface area contributed by atoms with E-state index in [2.05, 4.69) is 58.3 Å². The number of aromatic nitrogens is 2. The molecule has 0 unspecified atom stereocenters. The Morgan fingerprint density at radius 1 is 1.20 bits per heavy atom. The third kappa shape index (κ3) is 4.04. The highest BCUT2D eigenvalue weighted by Crippen LogP contribution is 2.36. The summed E-state index contributed by atoms with van der Waals surface area (Å²) < 4.78 is 0. The van der Waals surface area contributed by atoms with E-state index in [9.17, 15) is 4.79 Å². The van der Waals surface area contributed by atoms with Crippen LogP contribution in [0.3, 0.4) is 0 Å². The first-order valence-corrected chi connectivity index (χ1v) is 11.6. The number of quaternary nitrogens is 1. The maximum Gasteiger partial charge on any atom is 0.261 e. The van der Waals surface area contributed by atoms with Crippen molar-refractivity contribution in [1.82, 2.24) is 15.3 Å². The molecule has 0 radical (unpaired) electrons. The summed E-state index contributed by atoms with van der Waals surface area (Å²) >= 11 is 1.47. The van der Waals surface area contributed by atoms with Crippen LogP contribution >= 0.6 is 11.3 Å². The molecule has 158 valence electrons. The Balaban J connectivity index is 1.57. The number of likely N-dealkylation sites (N-methyl/N-ethyl adjacent to an activating group) is 1. The first-order valence-electron chi connectivity index (χ1n) is 10.8. The van der Waals surface area contributed by atoms with E-state index in [-0.39, 0.29) is 5.91 Å². The van der Waals surface area contributed by atoms with Gasteiger partial charge in [-0.3, -0.25) is 4.79 Å². The van der Waals surface area contributed by atoms with Crippen LogP contribution in [-0.4, -0.2) is 48.6 Å². The molecule has 3 heterocycles. The minimum atomic E-state index is -0.00278. The van der Waals surface area contributed by atoms with E-state index in [1.807, 2.05) is 6.92 Å². The van der Waals surface area contributed by atoms with Crippen molar-refractivity contribution in [2.45, 2.75) is 33.7 Å². The van der Waals surface area contributed by atoms with Crippen LogP contribution < -0.4 is 15.1 Å². The van der Waals surface area contributed by atoms with Gasteiger partial charge in [-0.1, -0.05) is 24.3 Å². The number of anilines is 1. The molecule has 0 atom stereocenters. The molecular formula is C23H30N5OS+. The fourth-order valence-corrected chi connectivity index (χ4v) is 5.28. The molecule has 1 amide bonds. The molecule has 0 aliphatic carbocycles. The van der Waals surface area contributed by atoms with Crippen LogP contribution in [0.25, 0.3) is 10.2 Å². The Bertz CT molecular complexity index is 1040. The van der Waals surface area contributed by atoms with Gasteiger partial charge < -0.3 is 15.1 Å². The summed E-state index contributed by atoms with van der Waals surface area (Å²) in [6.45, 7) is 11.9. The van der Waals surface area contributed by atoms with Crippen LogP contribution in [0.15, 0.2) is 30.6 Å². The van der Waals surface area contributed by atoms with E-state index in [0.29, 0.717) is 6.54 Å². The van der Waals surface area contributed by atoms with E-state index >= 15 is 0 Å². The number of nitrogens with one attached hydrogen (secondary N) is 2. The summed E-state index contributed by atoms with van der Waals surface area (Å²) in [6.07, 6.45) is 2.63. The summed E-state index contributed by atoms with van der Waals surface area (Å²) in [5.74, 6) is 0.937. The first-order chi connectivity index (χ1) is 14.6. The number of nitrogens with zero attached hydrogens (tertiary/aromatic N) is 3. The zero-order valence-corrected chi connectivity index (χ0v) is 18.8. The highest BCUT2D eigenvalue weighted by Gasteiger charge is 2.24. The summed E-state index contributed by atoms with van der Waals surface area (Å²) in [7, 11) is 0. The molecule has 1 aliphatic rings. The van der Waals surface area contributed by atoms with Gasteiger partial charge in [-0.15, -0.1) is 11.3 Å². The molecule has 1 aromatic carbocycles. The quantitative estimate of drug-likeness (QED) is 0.611. The Hall–Kier alpha value is -2.51. The number of carbonyl (C=O) groups is 1. The van der Waals surface area contributed by atoms with Crippen molar-refractivity contribution in [2.75, 3.05) is 37.6 Å². The lowest BCUT2D eigenvalue weighted by Gasteiger charge is -2.30.